The molecule has 1 unspecified atom stereocenters. The molecule has 33 heavy (non-hydrogen) atoms. The molecule has 0 spiro atoms. The van der Waals surface area contributed by atoms with E-state index in [9.17, 15) is 14.7 Å². The van der Waals surface area contributed by atoms with Crippen LogP contribution in [0.25, 0.3) is 5.76 Å². The van der Waals surface area contributed by atoms with Gasteiger partial charge >= 0.3 is 0 Å². The summed E-state index contributed by atoms with van der Waals surface area (Å²) in [6.45, 7) is 0. The van der Waals surface area contributed by atoms with Crippen molar-refractivity contribution in [2.75, 3.05) is 19.0 Å². The number of Topliss-reactive ketones (excluding diaryl/α,β-unsaturated/α-hetero) is 1. The molecular formula is C28H32N2O3. The van der Waals surface area contributed by atoms with E-state index in [1.54, 1.807) is 4.90 Å². The van der Waals surface area contributed by atoms with E-state index in [0.717, 1.165) is 56.2 Å². The third-order valence-electron chi connectivity index (χ3n) is 7.55. The number of carbonyl (C=O) groups is 2. The van der Waals surface area contributed by atoms with Crippen LogP contribution in [0, 0.1) is 0 Å². The maximum atomic E-state index is 13.3. The molecule has 2 fully saturated rings. The van der Waals surface area contributed by atoms with Gasteiger partial charge in [0.2, 0.25) is 0 Å². The van der Waals surface area contributed by atoms with E-state index in [2.05, 4.69) is 6.07 Å². The lowest BCUT2D eigenvalue weighted by atomic mass is 9.88. The molecule has 2 aliphatic carbocycles. The van der Waals surface area contributed by atoms with Crippen molar-refractivity contribution in [1.29, 1.82) is 0 Å². The Morgan fingerprint density at radius 3 is 2.24 bits per heavy atom. The number of aliphatic hydroxyl groups is 1. The fraction of sp³-hybridized carbons (Fsp3) is 0.429. The van der Waals surface area contributed by atoms with Gasteiger partial charge in [0, 0.05) is 31.4 Å². The van der Waals surface area contributed by atoms with Gasteiger partial charge in [0.05, 0.1) is 11.6 Å². The monoisotopic (exact) mass is 444 g/mol. The van der Waals surface area contributed by atoms with E-state index >= 15 is 0 Å². The van der Waals surface area contributed by atoms with Crippen LogP contribution in [0.2, 0.25) is 0 Å². The van der Waals surface area contributed by atoms with Crippen LogP contribution < -0.4 is 4.90 Å². The molecule has 1 N–H and O–H groups in total. The summed E-state index contributed by atoms with van der Waals surface area (Å²) in [5.74, 6) is -1.11. The van der Waals surface area contributed by atoms with Crippen molar-refractivity contribution in [2.45, 2.75) is 63.5 Å². The van der Waals surface area contributed by atoms with Crippen LogP contribution >= 0.6 is 0 Å². The Bertz CT molecular complexity index is 1110. The van der Waals surface area contributed by atoms with Crippen molar-refractivity contribution in [2.24, 2.45) is 0 Å². The summed E-state index contributed by atoms with van der Waals surface area (Å²) in [6.07, 6.45) is 8.30. The molecule has 5 nitrogen and oxygen atoms in total. The maximum Gasteiger partial charge on any atom is 0.295 e. The summed E-state index contributed by atoms with van der Waals surface area (Å²) in [4.78, 5) is 30.3. The predicted molar refractivity (Wildman–Crippen MR) is 130 cm³/mol. The number of benzene rings is 2. The van der Waals surface area contributed by atoms with Crippen LogP contribution in [0.3, 0.4) is 0 Å². The van der Waals surface area contributed by atoms with Crippen LogP contribution in [0.15, 0.2) is 48.0 Å². The highest BCUT2D eigenvalue weighted by atomic mass is 16.3. The molecule has 1 amide bonds. The zero-order valence-corrected chi connectivity index (χ0v) is 19.5. The second kappa shape index (κ2) is 8.69. The second-order valence-corrected chi connectivity index (χ2v) is 9.82. The lowest BCUT2D eigenvalue weighted by Gasteiger charge is -2.31. The fourth-order valence-electron chi connectivity index (χ4n) is 5.73. The highest BCUT2D eigenvalue weighted by Crippen LogP contribution is 2.44. The van der Waals surface area contributed by atoms with Gasteiger partial charge in [-0.3, -0.25) is 9.59 Å². The molecule has 2 aromatic rings. The van der Waals surface area contributed by atoms with Gasteiger partial charge in [-0.05, 0) is 73.4 Å². The van der Waals surface area contributed by atoms with Crippen LogP contribution in [-0.2, 0) is 22.4 Å². The highest BCUT2D eigenvalue weighted by molar-refractivity contribution is 6.46. The molecule has 5 rings (SSSR count). The van der Waals surface area contributed by atoms with E-state index in [1.807, 2.05) is 55.4 Å². The molecule has 0 radical (unpaired) electrons. The van der Waals surface area contributed by atoms with Crippen LogP contribution in [0.1, 0.15) is 66.8 Å². The number of aryl methyl sites for hydroxylation is 2. The predicted octanol–water partition coefficient (Wildman–Crippen LogP) is 5.00. The summed E-state index contributed by atoms with van der Waals surface area (Å²) in [6, 6.07) is 13.4. The van der Waals surface area contributed by atoms with E-state index in [0.29, 0.717) is 5.56 Å². The summed E-state index contributed by atoms with van der Waals surface area (Å²) < 4.78 is 0. The molecule has 172 valence electrons. The summed E-state index contributed by atoms with van der Waals surface area (Å²) in [5, 5.41) is 11.4. The van der Waals surface area contributed by atoms with Gasteiger partial charge in [0.1, 0.15) is 5.76 Å². The van der Waals surface area contributed by atoms with E-state index < -0.39 is 17.7 Å². The average molecular weight is 445 g/mol. The van der Waals surface area contributed by atoms with Crippen LogP contribution in [0.4, 0.5) is 5.69 Å². The van der Waals surface area contributed by atoms with Gasteiger partial charge in [0.15, 0.2) is 0 Å². The Balaban J connectivity index is 1.63. The quantitative estimate of drug-likeness (QED) is 0.410. The van der Waals surface area contributed by atoms with Crippen LogP contribution in [-0.4, -0.2) is 41.8 Å². The number of hydrogen-bond donors (Lipinski definition) is 1. The van der Waals surface area contributed by atoms with Crippen molar-refractivity contribution in [1.82, 2.24) is 4.90 Å². The molecule has 5 heteroatoms. The number of carbonyl (C=O) groups excluding carboxylic acids is 2. The maximum absolute atomic E-state index is 13.3. The molecule has 1 aliphatic heterocycles. The minimum absolute atomic E-state index is 0.0359. The normalized spacial score (nSPS) is 22.6. The first kappa shape index (κ1) is 21.7. The standard InChI is InChI=1S/C28H32N2O3/c1-29(2)22-15-13-19(14-16-22)25-24(27(32)28(33)30(25)23-9-5-6-10-23)26(31)21-12-11-18-7-3-4-8-20(18)17-21/h11-17,23,25,31H,3-10H2,1-2H3/b26-24-. The van der Waals surface area contributed by atoms with Gasteiger partial charge in [-0.2, -0.15) is 0 Å². The fourth-order valence-corrected chi connectivity index (χ4v) is 5.73. The molecule has 1 saturated carbocycles. The number of ketones is 1. The number of fused-ring (bicyclic) bond motifs is 1. The van der Waals surface area contributed by atoms with E-state index in [-0.39, 0.29) is 17.4 Å². The third kappa shape index (κ3) is 3.84. The number of amides is 1. The Hall–Kier alpha value is -3.08. The van der Waals surface area contributed by atoms with Crippen molar-refractivity contribution in [3.63, 3.8) is 0 Å². The largest absolute Gasteiger partial charge is 0.507 e. The van der Waals surface area contributed by atoms with Gasteiger partial charge in [0.25, 0.3) is 11.7 Å². The van der Waals surface area contributed by atoms with Gasteiger partial charge in [-0.25, -0.2) is 0 Å². The summed E-state index contributed by atoms with van der Waals surface area (Å²) >= 11 is 0. The number of aliphatic hydroxyl groups excluding tert-OH is 1. The minimum Gasteiger partial charge on any atom is -0.507 e. The molecule has 3 aliphatic rings. The Morgan fingerprint density at radius 1 is 0.909 bits per heavy atom. The Labute approximate surface area is 195 Å². The van der Waals surface area contributed by atoms with Gasteiger partial charge < -0.3 is 14.9 Å². The van der Waals surface area contributed by atoms with Gasteiger partial charge in [-0.15, -0.1) is 0 Å². The van der Waals surface area contributed by atoms with Crippen molar-refractivity contribution in [3.05, 3.63) is 70.3 Å². The van der Waals surface area contributed by atoms with E-state index in [1.165, 1.54) is 17.5 Å². The molecule has 1 heterocycles. The number of nitrogens with zero attached hydrogens (tertiary/aromatic N) is 2. The summed E-state index contributed by atoms with van der Waals surface area (Å²) in [5.41, 5.74) is 5.33. The molecule has 1 atom stereocenters. The number of rotatable bonds is 4. The molecule has 2 aromatic carbocycles. The second-order valence-electron chi connectivity index (χ2n) is 9.82. The van der Waals surface area contributed by atoms with E-state index in [4.69, 9.17) is 0 Å². The van der Waals surface area contributed by atoms with Crippen molar-refractivity contribution < 1.29 is 14.7 Å². The number of likely N-dealkylation sites (tertiary alicyclic amines) is 1. The molecule has 0 bridgehead atoms. The van der Waals surface area contributed by atoms with Crippen molar-refractivity contribution in [3.8, 4) is 0 Å². The van der Waals surface area contributed by atoms with Crippen molar-refractivity contribution >= 4 is 23.1 Å². The summed E-state index contributed by atoms with van der Waals surface area (Å²) in [7, 11) is 3.96. The minimum atomic E-state index is -0.571. The molecule has 1 saturated heterocycles. The first-order chi connectivity index (χ1) is 16.0. The Morgan fingerprint density at radius 2 is 1.58 bits per heavy atom. The smallest absolute Gasteiger partial charge is 0.295 e. The lowest BCUT2D eigenvalue weighted by molar-refractivity contribution is -0.141. The zero-order valence-electron chi connectivity index (χ0n) is 19.5. The number of anilines is 1. The van der Waals surface area contributed by atoms with Gasteiger partial charge in [-0.1, -0.05) is 37.1 Å². The number of hydrogen-bond acceptors (Lipinski definition) is 4. The highest BCUT2D eigenvalue weighted by Gasteiger charge is 2.49. The first-order valence-corrected chi connectivity index (χ1v) is 12.2. The Kier molecular flexibility index (Phi) is 5.73. The molecule has 0 aromatic heterocycles. The first-order valence-electron chi connectivity index (χ1n) is 12.2. The average Bonchev–Trinajstić information content (AvgIpc) is 3.45. The molecular weight excluding hydrogens is 412 g/mol. The SMILES string of the molecule is CN(C)c1ccc(C2/C(=C(/O)c3ccc4c(c3)CCCC4)C(=O)C(=O)N2C2CCCC2)cc1. The topological polar surface area (TPSA) is 60.9 Å². The lowest BCUT2D eigenvalue weighted by Crippen LogP contribution is -2.37. The van der Waals surface area contributed by atoms with Crippen LogP contribution in [0.5, 0.6) is 0 Å². The third-order valence-corrected chi connectivity index (χ3v) is 7.55. The zero-order chi connectivity index (χ0) is 23.1.